The van der Waals surface area contributed by atoms with Crippen LogP contribution in [0.2, 0.25) is 0 Å². The third-order valence-electron chi connectivity index (χ3n) is 1.83. The van der Waals surface area contributed by atoms with Gasteiger partial charge in [-0.15, -0.1) is 0 Å². The number of aliphatic carboxylic acids is 2. The second kappa shape index (κ2) is 8.50. The van der Waals surface area contributed by atoms with Crippen molar-refractivity contribution in [1.82, 2.24) is 9.97 Å². The Morgan fingerprint density at radius 3 is 2.17 bits per heavy atom. The summed E-state index contributed by atoms with van der Waals surface area (Å²) >= 11 is 3.65. The number of H-pyrrole nitrogens is 1. The van der Waals surface area contributed by atoms with Crippen LogP contribution in [0, 0.1) is 0 Å². The molecule has 0 radical (unpaired) electrons. The van der Waals surface area contributed by atoms with Gasteiger partial charge in [0.15, 0.2) is 0 Å². The number of nitrogens with zero attached hydrogens (tertiary/aromatic N) is 1. The minimum atomic E-state index is -1.00. The van der Waals surface area contributed by atoms with Crippen molar-refractivity contribution in [3.05, 3.63) is 18.2 Å². The monoisotopic (exact) mass is 276 g/mol. The highest BCUT2D eigenvalue weighted by Crippen LogP contribution is 1.95. The fourth-order valence-electron chi connectivity index (χ4n) is 0.799. The lowest BCUT2D eigenvalue weighted by Gasteiger charge is -2.02. The zero-order chi connectivity index (χ0) is 14.1. The van der Waals surface area contributed by atoms with E-state index in [1.165, 1.54) is 6.33 Å². The minimum Gasteiger partial charge on any atom is -0.480 e. The molecule has 2 atom stereocenters. The first-order valence-electron chi connectivity index (χ1n) is 4.93. The lowest BCUT2D eigenvalue weighted by molar-refractivity contribution is -0.139. The van der Waals surface area contributed by atoms with Gasteiger partial charge >= 0.3 is 11.9 Å². The molecule has 1 aromatic heterocycles. The zero-order valence-electron chi connectivity index (χ0n) is 9.48. The second-order valence-corrected chi connectivity index (χ2v) is 3.72. The van der Waals surface area contributed by atoms with Gasteiger partial charge in [-0.1, -0.05) is 0 Å². The number of imidazole rings is 1. The van der Waals surface area contributed by atoms with Crippen LogP contribution in [-0.2, 0) is 16.0 Å². The van der Waals surface area contributed by atoms with Crippen LogP contribution in [0.3, 0.4) is 0 Å². The number of carboxylic acid groups (broad SMARTS) is 2. The fraction of sp³-hybridized carbons (Fsp3) is 0.444. The van der Waals surface area contributed by atoms with Crippen molar-refractivity contribution >= 4 is 24.6 Å². The average molecular weight is 276 g/mol. The molecular weight excluding hydrogens is 260 g/mol. The van der Waals surface area contributed by atoms with Gasteiger partial charge in [-0.3, -0.25) is 9.59 Å². The molecule has 0 fully saturated rings. The summed E-state index contributed by atoms with van der Waals surface area (Å²) in [6.07, 6.45) is 3.34. The smallest absolute Gasteiger partial charge is 0.321 e. The molecule has 1 rings (SSSR count). The van der Waals surface area contributed by atoms with Crippen LogP contribution in [0.1, 0.15) is 5.69 Å². The van der Waals surface area contributed by atoms with Crippen LogP contribution < -0.4 is 11.5 Å². The summed E-state index contributed by atoms with van der Waals surface area (Å²) in [4.78, 5) is 26.5. The van der Waals surface area contributed by atoms with Crippen molar-refractivity contribution in [1.29, 1.82) is 0 Å². The van der Waals surface area contributed by atoms with E-state index in [0.29, 0.717) is 0 Å². The van der Waals surface area contributed by atoms with Crippen molar-refractivity contribution in [2.24, 2.45) is 11.5 Å². The van der Waals surface area contributed by atoms with Crippen molar-refractivity contribution in [2.75, 3.05) is 5.75 Å². The molecule has 102 valence electrons. The molecule has 0 aliphatic rings. The van der Waals surface area contributed by atoms with Gasteiger partial charge in [-0.05, 0) is 0 Å². The quantitative estimate of drug-likeness (QED) is 0.365. The predicted molar refractivity (Wildman–Crippen MR) is 67.4 cm³/mol. The number of nitrogens with one attached hydrogen (secondary N) is 1. The van der Waals surface area contributed by atoms with Crippen molar-refractivity contribution < 1.29 is 19.8 Å². The van der Waals surface area contributed by atoms with Crippen LogP contribution in [0.25, 0.3) is 0 Å². The van der Waals surface area contributed by atoms with Crippen molar-refractivity contribution in [2.45, 2.75) is 18.5 Å². The first-order chi connectivity index (χ1) is 8.38. The highest BCUT2D eigenvalue weighted by atomic mass is 32.1. The van der Waals surface area contributed by atoms with Crippen LogP contribution in [0.15, 0.2) is 12.5 Å². The maximum Gasteiger partial charge on any atom is 0.321 e. The third-order valence-corrected chi connectivity index (χ3v) is 2.22. The Morgan fingerprint density at radius 2 is 1.89 bits per heavy atom. The summed E-state index contributed by atoms with van der Waals surface area (Å²) < 4.78 is 0. The zero-order valence-corrected chi connectivity index (χ0v) is 10.4. The van der Waals surface area contributed by atoms with E-state index in [0.717, 1.165) is 5.69 Å². The van der Waals surface area contributed by atoms with E-state index in [1.807, 2.05) is 0 Å². The Hall–Kier alpha value is -1.58. The lowest BCUT2D eigenvalue weighted by Crippen LogP contribution is -2.32. The van der Waals surface area contributed by atoms with E-state index >= 15 is 0 Å². The molecule has 1 unspecified atom stereocenters. The highest BCUT2D eigenvalue weighted by Gasteiger charge is 2.12. The van der Waals surface area contributed by atoms with Gasteiger partial charge in [0.1, 0.15) is 12.1 Å². The molecule has 0 aromatic carbocycles. The van der Waals surface area contributed by atoms with Crippen LogP contribution >= 0.6 is 12.6 Å². The molecule has 0 saturated heterocycles. The maximum absolute atomic E-state index is 10.3. The van der Waals surface area contributed by atoms with Gasteiger partial charge in [-0.2, -0.15) is 12.6 Å². The Balaban J connectivity index is 0.000000360. The number of hydrogen-bond donors (Lipinski definition) is 6. The summed E-state index contributed by atoms with van der Waals surface area (Å²) in [5, 5.41) is 16.4. The van der Waals surface area contributed by atoms with E-state index in [4.69, 9.17) is 21.7 Å². The topological polar surface area (TPSA) is 155 Å². The van der Waals surface area contributed by atoms with Crippen LogP contribution in [-0.4, -0.2) is 50.0 Å². The largest absolute Gasteiger partial charge is 0.480 e. The van der Waals surface area contributed by atoms with E-state index in [9.17, 15) is 9.59 Å². The molecular formula is C9H16N4O4S. The molecule has 18 heavy (non-hydrogen) atoms. The van der Waals surface area contributed by atoms with E-state index < -0.39 is 24.0 Å². The van der Waals surface area contributed by atoms with Crippen LogP contribution in [0.4, 0.5) is 0 Å². The Labute approximate surface area is 109 Å². The number of carbonyl (C=O) groups is 2. The Kier molecular flexibility index (Phi) is 7.76. The second-order valence-electron chi connectivity index (χ2n) is 3.35. The molecule has 8 nitrogen and oxygen atoms in total. The van der Waals surface area contributed by atoms with Crippen molar-refractivity contribution in [3.8, 4) is 0 Å². The average Bonchev–Trinajstić information content (AvgIpc) is 2.81. The maximum atomic E-state index is 10.3. The molecule has 1 aromatic rings. The number of aromatic amines is 1. The molecule has 9 heteroatoms. The van der Waals surface area contributed by atoms with Crippen molar-refractivity contribution in [3.63, 3.8) is 0 Å². The summed E-state index contributed by atoms with van der Waals surface area (Å²) in [6, 6.07) is -1.67. The molecule has 0 aliphatic heterocycles. The standard InChI is InChI=1S/C6H9N3O2.C3H7NO2S/c7-5(6(10)11)1-4-2-8-3-9-4;4-2(1-7)3(5)6/h2-3,5H,1,7H2,(H,8,9)(H,10,11);2,7H,1,4H2,(H,5,6)/t;2-/m.0/s1. The Morgan fingerprint density at radius 1 is 1.33 bits per heavy atom. The number of hydrogen-bond acceptors (Lipinski definition) is 6. The highest BCUT2D eigenvalue weighted by molar-refractivity contribution is 7.80. The molecule has 0 saturated carbocycles. The molecule has 0 aliphatic carbocycles. The molecule has 0 bridgehead atoms. The number of rotatable bonds is 5. The van der Waals surface area contributed by atoms with Gasteiger partial charge < -0.3 is 26.7 Å². The van der Waals surface area contributed by atoms with E-state index in [1.54, 1.807) is 6.20 Å². The van der Waals surface area contributed by atoms with Gasteiger partial charge in [-0.25, -0.2) is 4.98 Å². The molecule has 1 heterocycles. The number of nitrogens with two attached hydrogens (primary N) is 2. The SMILES string of the molecule is NC(Cc1cnc[nH]1)C(=O)O.N[C@@H](CS)C(=O)O. The normalized spacial score (nSPS) is 13.1. The van der Waals surface area contributed by atoms with Gasteiger partial charge in [0.2, 0.25) is 0 Å². The first-order valence-corrected chi connectivity index (χ1v) is 5.56. The molecule has 0 spiro atoms. The summed E-state index contributed by atoms with van der Waals surface area (Å²) in [6.45, 7) is 0. The summed E-state index contributed by atoms with van der Waals surface area (Å²) in [7, 11) is 0. The number of thiol groups is 1. The third kappa shape index (κ3) is 6.89. The molecule has 0 amide bonds. The number of carboxylic acids is 2. The Bertz CT molecular complexity index is 371. The van der Waals surface area contributed by atoms with E-state index in [2.05, 4.69) is 22.6 Å². The molecule has 7 N–H and O–H groups in total. The minimum absolute atomic E-state index is 0.190. The van der Waals surface area contributed by atoms with Gasteiger partial charge in [0.25, 0.3) is 0 Å². The number of aromatic nitrogens is 2. The van der Waals surface area contributed by atoms with E-state index in [-0.39, 0.29) is 12.2 Å². The first kappa shape index (κ1) is 16.4. The summed E-state index contributed by atoms with van der Waals surface area (Å²) in [5.74, 6) is -1.82. The fourth-order valence-corrected chi connectivity index (χ4v) is 0.955. The van der Waals surface area contributed by atoms with Gasteiger partial charge in [0, 0.05) is 24.1 Å². The summed E-state index contributed by atoms with van der Waals surface area (Å²) in [5.41, 5.74) is 10.9. The predicted octanol–water partition coefficient (Wildman–Crippen LogP) is -1.31. The lowest BCUT2D eigenvalue weighted by atomic mass is 10.2. The van der Waals surface area contributed by atoms with Crippen LogP contribution in [0.5, 0.6) is 0 Å². The van der Waals surface area contributed by atoms with Gasteiger partial charge in [0.05, 0.1) is 6.33 Å².